The van der Waals surface area contributed by atoms with Gasteiger partial charge in [-0.05, 0) is 41.8 Å². The Balaban J connectivity index is 2.18. The lowest BCUT2D eigenvalue weighted by Crippen LogP contribution is -2.16. The van der Waals surface area contributed by atoms with Crippen LogP contribution in [0.4, 0.5) is 5.69 Å². The van der Waals surface area contributed by atoms with Crippen molar-refractivity contribution in [2.24, 2.45) is 0 Å². The summed E-state index contributed by atoms with van der Waals surface area (Å²) in [4.78, 5) is 2.21. The van der Waals surface area contributed by atoms with Crippen LogP contribution >= 0.6 is 27.5 Å². The summed E-state index contributed by atoms with van der Waals surface area (Å²) < 4.78 is 0. The lowest BCUT2D eigenvalue weighted by molar-refractivity contribution is 0.921. The normalized spacial score (nSPS) is 10.5. The second-order valence-electron chi connectivity index (χ2n) is 4.69. The Bertz CT molecular complexity index is 568. The van der Waals surface area contributed by atoms with E-state index in [0.717, 1.165) is 22.5 Å². The molecule has 0 N–H and O–H groups in total. The van der Waals surface area contributed by atoms with Gasteiger partial charge in [-0.2, -0.15) is 0 Å². The van der Waals surface area contributed by atoms with Crippen LogP contribution in [0, 0.1) is 6.92 Å². The van der Waals surface area contributed by atoms with E-state index in [0.29, 0.717) is 0 Å². The fourth-order valence-corrected chi connectivity index (χ4v) is 2.87. The maximum absolute atomic E-state index is 6.20. The van der Waals surface area contributed by atoms with Gasteiger partial charge < -0.3 is 4.90 Å². The van der Waals surface area contributed by atoms with E-state index in [1.807, 2.05) is 18.2 Å². The zero-order valence-corrected chi connectivity index (χ0v) is 13.5. The highest BCUT2D eigenvalue weighted by Gasteiger charge is 2.06. The first-order valence-corrected chi connectivity index (χ1v) is 7.72. The molecule has 0 aromatic heterocycles. The first-order valence-electron chi connectivity index (χ1n) is 6.22. The molecule has 0 saturated heterocycles. The van der Waals surface area contributed by atoms with Crippen LogP contribution in [0.15, 0.2) is 42.5 Å². The summed E-state index contributed by atoms with van der Waals surface area (Å²) in [6, 6.07) is 14.5. The molecule has 3 heteroatoms. The van der Waals surface area contributed by atoms with Gasteiger partial charge >= 0.3 is 0 Å². The van der Waals surface area contributed by atoms with Crippen LogP contribution in [0.1, 0.15) is 16.7 Å². The average molecular weight is 339 g/mol. The van der Waals surface area contributed by atoms with Crippen molar-refractivity contribution in [2.75, 3.05) is 11.9 Å². The zero-order valence-electron chi connectivity index (χ0n) is 11.2. The summed E-state index contributed by atoms with van der Waals surface area (Å²) in [5.74, 6) is 0. The topological polar surface area (TPSA) is 3.24 Å². The van der Waals surface area contributed by atoms with Crippen molar-refractivity contribution in [1.29, 1.82) is 0 Å². The Morgan fingerprint density at radius 1 is 1.11 bits per heavy atom. The summed E-state index contributed by atoms with van der Waals surface area (Å²) in [7, 11) is 2.09. The quantitative estimate of drug-likeness (QED) is 0.694. The molecule has 0 aliphatic rings. The molecule has 0 bridgehead atoms. The van der Waals surface area contributed by atoms with E-state index >= 15 is 0 Å². The zero-order chi connectivity index (χ0) is 13.8. The number of rotatable bonds is 4. The summed E-state index contributed by atoms with van der Waals surface area (Å²) in [6.07, 6.45) is 0. The van der Waals surface area contributed by atoms with Crippen molar-refractivity contribution in [2.45, 2.75) is 18.8 Å². The van der Waals surface area contributed by atoms with Crippen LogP contribution in [0.3, 0.4) is 0 Å². The third-order valence-electron chi connectivity index (χ3n) is 3.28. The molecule has 0 atom stereocenters. The highest BCUT2D eigenvalue weighted by atomic mass is 79.9. The SMILES string of the molecule is Cc1cc(N(C)Cc2ccccc2Cl)ccc1CBr. The maximum atomic E-state index is 6.20. The van der Waals surface area contributed by atoms with Gasteiger partial charge in [0, 0.05) is 29.6 Å². The van der Waals surface area contributed by atoms with Gasteiger partial charge in [-0.3, -0.25) is 0 Å². The summed E-state index contributed by atoms with van der Waals surface area (Å²) in [5.41, 5.74) is 4.99. The Hall–Kier alpha value is -0.990. The Morgan fingerprint density at radius 3 is 2.47 bits per heavy atom. The number of anilines is 1. The fourth-order valence-electron chi connectivity index (χ4n) is 2.04. The lowest BCUT2D eigenvalue weighted by atomic mass is 10.1. The molecule has 19 heavy (non-hydrogen) atoms. The predicted molar refractivity (Wildman–Crippen MR) is 87.4 cm³/mol. The minimum Gasteiger partial charge on any atom is -0.370 e. The first-order chi connectivity index (χ1) is 9.11. The van der Waals surface area contributed by atoms with E-state index in [2.05, 4.69) is 59.1 Å². The Morgan fingerprint density at radius 2 is 1.84 bits per heavy atom. The maximum Gasteiger partial charge on any atom is 0.0455 e. The number of halogens is 2. The van der Waals surface area contributed by atoms with E-state index in [-0.39, 0.29) is 0 Å². The molecule has 0 aliphatic carbocycles. The van der Waals surface area contributed by atoms with Crippen LogP contribution in [-0.4, -0.2) is 7.05 Å². The highest BCUT2D eigenvalue weighted by molar-refractivity contribution is 9.08. The minimum absolute atomic E-state index is 0.812. The third-order valence-corrected chi connectivity index (χ3v) is 4.25. The third kappa shape index (κ3) is 3.52. The number of hydrogen-bond donors (Lipinski definition) is 0. The van der Waals surface area contributed by atoms with Crippen LogP contribution in [0.25, 0.3) is 0 Å². The molecule has 0 heterocycles. The molecule has 2 rings (SSSR count). The smallest absolute Gasteiger partial charge is 0.0455 e. The van der Waals surface area contributed by atoms with Crippen molar-refractivity contribution < 1.29 is 0 Å². The average Bonchev–Trinajstić information content (AvgIpc) is 2.41. The van der Waals surface area contributed by atoms with Gasteiger partial charge in [0.1, 0.15) is 0 Å². The molecule has 2 aromatic rings. The molecule has 0 saturated carbocycles. The van der Waals surface area contributed by atoms with Crippen molar-refractivity contribution >= 4 is 33.2 Å². The highest BCUT2D eigenvalue weighted by Crippen LogP contribution is 2.23. The number of hydrogen-bond acceptors (Lipinski definition) is 1. The van der Waals surface area contributed by atoms with Crippen LogP contribution < -0.4 is 4.90 Å². The van der Waals surface area contributed by atoms with Crippen molar-refractivity contribution in [3.05, 3.63) is 64.2 Å². The van der Waals surface area contributed by atoms with Crippen LogP contribution in [0.2, 0.25) is 5.02 Å². The van der Waals surface area contributed by atoms with Crippen molar-refractivity contribution in [3.63, 3.8) is 0 Å². The largest absolute Gasteiger partial charge is 0.370 e. The number of nitrogens with zero attached hydrogens (tertiary/aromatic N) is 1. The van der Waals surface area contributed by atoms with E-state index in [1.165, 1.54) is 16.8 Å². The second-order valence-corrected chi connectivity index (χ2v) is 5.66. The predicted octanol–water partition coefficient (Wildman–Crippen LogP) is 5.18. The van der Waals surface area contributed by atoms with E-state index in [9.17, 15) is 0 Å². The van der Waals surface area contributed by atoms with Gasteiger partial charge in [0.25, 0.3) is 0 Å². The second kappa shape index (κ2) is 6.44. The standard InChI is InChI=1S/C16H17BrClN/c1-12-9-15(8-7-13(12)10-17)19(2)11-14-5-3-4-6-16(14)18/h3-9H,10-11H2,1-2H3. The molecule has 100 valence electrons. The summed E-state index contributed by atoms with van der Waals surface area (Å²) in [5, 5.41) is 1.72. The molecule has 0 unspecified atom stereocenters. The molecule has 1 nitrogen and oxygen atoms in total. The van der Waals surface area contributed by atoms with Gasteiger partial charge in [0.15, 0.2) is 0 Å². The number of alkyl halides is 1. The summed E-state index contributed by atoms with van der Waals surface area (Å²) in [6.45, 7) is 2.95. The monoisotopic (exact) mass is 337 g/mol. The molecule has 0 radical (unpaired) electrons. The number of benzene rings is 2. The van der Waals surface area contributed by atoms with Crippen molar-refractivity contribution in [1.82, 2.24) is 0 Å². The van der Waals surface area contributed by atoms with Crippen LogP contribution in [-0.2, 0) is 11.9 Å². The lowest BCUT2D eigenvalue weighted by Gasteiger charge is -2.21. The number of aryl methyl sites for hydroxylation is 1. The van der Waals surface area contributed by atoms with Gasteiger partial charge in [0.2, 0.25) is 0 Å². The van der Waals surface area contributed by atoms with E-state index < -0.39 is 0 Å². The Kier molecular flexibility index (Phi) is 4.89. The van der Waals surface area contributed by atoms with Gasteiger partial charge in [-0.15, -0.1) is 0 Å². The van der Waals surface area contributed by atoms with Crippen molar-refractivity contribution in [3.8, 4) is 0 Å². The molecular weight excluding hydrogens is 322 g/mol. The Labute approximate surface area is 128 Å². The molecule has 0 amide bonds. The van der Waals surface area contributed by atoms with Crippen LogP contribution in [0.5, 0.6) is 0 Å². The molecule has 0 fully saturated rings. The van der Waals surface area contributed by atoms with E-state index in [4.69, 9.17) is 11.6 Å². The minimum atomic E-state index is 0.812. The summed E-state index contributed by atoms with van der Waals surface area (Å²) >= 11 is 9.70. The van der Waals surface area contributed by atoms with Gasteiger partial charge in [0.05, 0.1) is 0 Å². The molecule has 2 aromatic carbocycles. The first kappa shape index (κ1) is 14.4. The molecule has 0 spiro atoms. The van der Waals surface area contributed by atoms with Gasteiger partial charge in [-0.25, -0.2) is 0 Å². The molecular formula is C16H17BrClN. The molecule has 0 aliphatic heterocycles. The van der Waals surface area contributed by atoms with Gasteiger partial charge in [-0.1, -0.05) is 51.8 Å². The fraction of sp³-hybridized carbons (Fsp3) is 0.250. The van der Waals surface area contributed by atoms with E-state index in [1.54, 1.807) is 0 Å².